The van der Waals surface area contributed by atoms with Crippen LogP contribution < -0.4 is 5.73 Å². The average Bonchev–Trinajstić information content (AvgIpc) is 2.53. The Morgan fingerprint density at radius 1 is 1.19 bits per heavy atom. The van der Waals surface area contributed by atoms with Gasteiger partial charge in [0.1, 0.15) is 0 Å². The molecule has 0 fully saturated rings. The van der Waals surface area contributed by atoms with E-state index >= 15 is 0 Å². The molecule has 2 aromatic rings. The Kier molecular flexibility index (Phi) is 4.03. The van der Waals surface area contributed by atoms with Gasteiger partial charge in [-0.2, -0.15) is 0 Å². The molecule has 2 nitrogen and oxygen atoms in total. The average molecular weight is 302 g/mol. The molecule has 21 heavy (non-hydrogen) atoms. The van der Waals surface area contributed by atoms with Crippen molar-refractivity contribution in [3.05, 3.63) is 70.2 Å². The van der Waals surface area contributed by atoms with Crippen LogP contribution in [0.1, 0.15) is 35.6 Å². The fourth-order valence-electron chi connectivity index (χ4n) is 3.56. The number of aryl methyl sites for hydroxylation is 1. The first kappa shape index (κ1) is 14.6. The summed E-state index contributed by atoms with van der Waals surface area (Å²) in [5.74, 6) is 0. The van der Waals surface area contributed by atoms with Crippen LogP contribution in [-0.4, -0.2) is 11.7 Å². The Balaban J connectivity index is 2.09. The van der Waals surface area contributed by atoms with Gasteiger partial charge in [0.2, 0.25) is 0 Å². The summed E-state index contributed by atoms with van der Waals surface area (Å²) in [5.41, 5.74) is 9.04. The van der Waals surface area contributed by atoms with Crippen LogP contribution in [0.25, 0.3) is 0 Å². The van der Waals surface area contributed by atoms with Gasteiger partial charge >= 0.3 is 0 Å². The van der Waals surface area contributed by atoms with Crippen molar-refractivity contribution in [1.29, 1.82) is 0 Å². The Morgan fingerprint density at radius 2 is 2.00 bits per heavy atom. The summed E-state index contributed by atoms with van der Waals surface area (Å²) in [4.78, 5) is 0. The normalized spacial score (nSPS) is 22.6. The van der Waals surface area contributed by atoms with E-state index in [0.29, 0.717) is 11.6 Å². The van der Waals surface area contributed by atoms with Crippen molar-refractivity contribution in [2.75, 3.05) is 6.54 Å². The van der Waals surface area contributed by atoms with Gasteiger partial charge < -0.3 is 10.8 Å². The van der Waals surface area contributed by atoms with E-state index in [4.69, 9.17) is 17.3 Å². The van der Waals surface area contributed by atoms with Crippen LogP contribution in [-0.2, 0) is 11.8 Å². The maximum absolute atomic E-state index is 11.0. The third kappa shape index (κ3) is 2.48. The number of aliphatic hydroxyl groups excluding tert-OH is 1. The van der Waals surface area contributed by atoms with Crippen LogP contribution in [0.5, 0.6) is 0 Å². The van der Waals surface area contributed by atoms with E-state index in [0.717, 1.165) is 24.8 Å². The van der Waals surface area contributed by atoms with Crippen molar-refractivity contribution >= 4 is 11.6 Å². The highest BCUT2D eigenvalue weighted by atomic mass is 35.5. The molecule has 2 unspecified atom stereocenters. The van der Waals surface area contributed by atoms with Gasteiger partial charge in [0.15, 0.2) is 0 Å². The molecule has 0 radical (unpaired) electrons. The number of hydrogen-bond acceptors (Lipinski definition) is 2. The molecular formula is C18H20ClNO. The van der Waals surface area contributed by atoms with Crippen molar-refractivity contribution in [3.8, 4) is 0 Å². The van der Waals surface area contributed by atoms with Gasteiger partial charge in [0, 0.05) is 17.0 Å². The lowest BCUT2D eigenvalue weighted by molar-refractivity contribution is 0.0718. The van der Waals surface area contributed by atoms with Gasteiger partial charge in [-0.3, -0.25) is 0 Å². The van der Waals surface area contributed by atoms with Crippen LogP contribution in [0, 0.1) is 0 Å². The van der Waals surface area contributed by atoms with Crippen LogP contribution in [0.3, 0.4) is 0 Å². The van der Waals surface area contributed by atoms with Crippen LogP contribution in [0.2, 0.25) is 5.02 Å². The molecule has 0 heterocycles. The lowest BCUT2D eigenvalue weighted by Crippen LogP contribution is -2.43. The molecule has 3 rings (SSSR count). The molecule has 1 aliphatic rings. The quantitative estimate of drug-likeness (QED) is 0.910. The molecule has 0 spiro atoms. The monoisotopic (exact) mass is 301 g/mol. The highest BCUT2D eigenvalue weighted by molar-refractivity contribution is 6.30. The lowest BCUT2D eigenvalue weighted by atomic mass is 9.65. The lowest BCUT2D eigenvalue weighted by Gasteiger charge is -2.42. The summed E-state index contributed by atoms with van der Waals surface area (Å²) >= 11 is 6.07. The fraction of sp³-hybridized carbons (Fsp3) is 0.333. The molecule has 3 N–H and O–H groups in total. The molecule has 0 saturated carbocycles. The number of hydrogen-bond donors (Lipinski definition) is 2. The number of halogens is 1. The fourth-order valence-corrected chi connectivity index (χ4v) is 3.76. The molecule has 110 valence electrons. The SMILES string of the molecule is NCC1(C(O)c2cccc(Cl)c2)CCCc2ccccc21. The smallest absolute Gasteiger partial charge is 0.0899 e. The molecule has 0 bridgehead atoms. The first-order valence-corrected chi connectivity index (χ1v) is 7.77. The summed E-state index contributed by atoms with van der Waals surface area (Å²) in [7, 11) is 0. The molecule has 0 aromatic heterocycles. The van der Waals surface area contributed by atoms with Gasteiger partial charge in [-0.15, -0.1) is 0 Å². The van der Waals surface area contributed by atoms with E-state index in [1.165, 1.54) is 11.1 Å². The minimum absolute atomic E-state index is 0.417. The standard InChI is InChI=1S/C18H20ClNO/c19-15-8-3-6-14(11-15)17(21)18(12-20)10-4-7-13-5-1-2-9-16(13)18/h1-3,5-6,8-9,11,17,21H,4,7,10,12,20H2. The van der Waals surface area contributed by atoms with Crippen LogP contribution >= 0.6 is 11.6 Å². The van der Waals surface area contributed by atoms with Gasteiger partial charge in [-0.25, -0.2) is 0 Å². The molecule has 0 amide bonds. The Morgan fingerprint density at radius 3 is 2.76 bits per heavy atom. The van der Waals surface area contributed by atoms with Crippen LogP contribution in [0.4, 0.5) is 0 Å². The van der Waals surface area contributed by atoms with Gasteiger partial charge in [-0.05, 0) is 48.1 Å². The molecule has 3 heteroatoms. The molecule has 2 atom stereocenters. The van der Waals surface area contributed by atoms with Gasteiger partial charge in [-0.1, -0.05) is 48.0 Å². The van der Waals surface area contributed by atoms with Crippen molar-refractivity contribution in [3.63, 3.8) is 0 Å². The highest BCUT2D eigenvalue weighted by Crippen LogP contribution is 2.45. The second-order valence-corrected chi connectivity index (χ2v) is 6.26. The molecule has 0 saturated heterocycles. The highest BCUT2D eigenvalue weighted by Gasteiger charge is 2.42. The number of rotatable bonds is 3. The van der Waals surface area contributed by atoms with Crippen molar-refractivity contribution in [2.45, 2.75) is 30.8 Å². The van der Waals surface area contributed by atoms with Crippen molar-refractivity contribution in [2.24, 2.45) is 5.73 Å². The molecule has 2 aromatic carbocycles. The number of aliphatic hydroxyl groups is 1. The van der Waals surface area contributed by atoms with Gasteiger partial charge in [0.05, 0.1) is 6.10 Å². The third-order valence-corrected chi connectivity index (χ3v) is 4.91. The zero-order chi connectivity index (χ0) is 14.9. The Hall–Kier alpha value is -1.35. The van der Waals surface area contributed by atoms with Crippen molar-refractivity contribution < 1.29 is 5.11 Å². The maximum Gasteiger partial charge on any atom is 0.0899 e. The zero-order valence-electron chi connectivity index (χ0n) is 11.9. The van der Waals surface area contributed by atoms with Crippen molar-refractivity contribution in [1.82, 2.24) is 0 Å². The summed E-state index contributed by atoms with van der Waals surface area (Å²) in [5, 5.41) is 11.7. The minimum Gasteiger partial charge on any atom is -0.387 e. The minimum atomic E-state index is -0.636. The largest absolute Gasteiger partial charge is 0.387 e. The van der Waals surface area contributed by atoms with E-state index in [2.05, 4.69) is 18.2 Å². The Labute approximate surface area is 130 Å². The second-order valence-electron chi connectivity index (χ2n) is 5.83. The summed E-state index contributed by atoms with van der Waals surface area (Å²) in [6.45, 7) is 0.428. The topological polar surface area (TPSA) is 46.2 Å². The molecular weight excluding hydrogens is 282 g/mol. The zero-order valence-corrected chi connectivity index (χ0v) is 12.7. The predicted molar refractivity (Wildman–Crippen MR) is 86.5 cm³/mol. The van der Waals surface area contributed by atoms with E-state index in [9.17, 15) is 5.11 Å². The first-order valence-electron chi connectivity index (χ1n) is 7.39. The van der Waals surface area contributed by atoms with Crippen LogP contribution in [0.15, 0.2) is 48.5 Å². The van der Waals surface area contributed by atoms with E-state index in [-0.39, 0.29) is 0 Å². The number of fused-ring (bicyclic) bond motifs is 1. The number of benzene rings is 2. The third-order valence-electron chi connectivity index (χ3n) is 4.67. The molecule has 0 aliphatic heterocycles. The van der Waals surface area contributed by atoms with Gasteiger partial charge in [0.25, 0.3) is 0 Å². The predicted octanol–water partition coefficient (Wildman–Crippen LogP) is 3.61. The van der Waals surface area contributed by atoms with E-state index in [1.807, 2.05) is 30.3 Å². The first-order chi connectivity index (χ1) is 10.2. The number of nitrogens with two attached hydrogens (primary N) is 1. The van der Waals surface area contributed by atoms with E-state index in [1.54, 1.807) is 0 Å². The maximum atomic E-state index is 11.0. The molecule has 1 aliphatic carbocycles. The summed E-state index contributed by atoms with van der Waals surface area (Å²) in [6, 6.07) is 15.8. The second kappa shape index (κ2) is 5.80. The summed E-state index contributed by atoms with van der Waals surface area (Å²) < 4.78 is 0. The Bertz CT molecular complexity index is 643. The summed E-state index contributed by atoms with van der Waals surface area (Å²) in [6.07, 6.45) is 2.36. The van der Waals surface area contributed by atoms with E-state index < -0.39 is 11.5 Å².